The maximum atomic E-state index is 4.50. The Morgan fingerprint density at radius 3 is 3.12 bits per heavy atom. The van der Waals surface area contributed by atoms with Gasteiger partial charge in [-0.1, -0.05) is 6.92 Å². The molecular formula is C11H17N5S. The van der Waals surface area contributed by atoms with Gasteiger partial charge in [-0.15, -0.1) is 11.3 Å². The Morgan fingerprint density at radius 2 is 2.41 bits per heavy atom. The Bertz CT molecular complexity index is 470. The molecule has 0 bridgehead atoms. The van der Waals surface area contributed by atoms with Crippen LogP contribution in [0, 0.1) is 0 Å². The maximum Gasteiger partial charge on any atom is 0.193 e. The second-order valence-electron chi connectivity index (χ2n) is 3.68. The topological polar surface area (TPSA) is 53.7 Å². The lowest BCUT2D eigenvalue weighted by Crippen LogP contribution is -2.37. The molecule has 0 saturated heterocycles. The molecule has 17 heavy (non-hydrogen) atoms. The summed E-state index contributed by atoms with van der Waals surface area (Å²) in [6.07, 6.45) is 5.13. The second kappa shape index (κ2) is 5.67. The molecule has 2 heterocycles. The monoisotopic (exact) mass is 251 g/mol. The molecule has 2 aromatic rings. The Labute approximate surface area is 105 Å². The lowest BCUT2D eigenvalue weighted by Gasteiger charge is -2.09. The van der Waals surface area contributed by atoms with Gasteiger partial charge in [-0.3, -0.25) is 9.39 Å². The zero-order valence-corrected chi connectivity index (χ0v) is 10.9. The van der Waals surface area contributed by atoms with Crippen molar-refractivity contribution in [2.45, 2.75) is 19.9 Å². The number of thiazole rings is 1. The van der Waals surface area contributed by atoms with Gasteiger partial charge in [0.05, 0.1) is 12.2 Å². The fraction of sp³-hybridized carbons (Fsp3) is 0.455. The standard InChI is InChI=1S/C11H17N5S/c1-3-4-13-10(12-2)14-7-9-8-16-5-6-17-11(16)15-9/h5-6,8H,3-4,7H2,1-2H3,(H2,12,13,14). The number of nitrogens with one attached hydrogen (secondary N) is 2. The van der Waals surface area contributed by atoms with Crippen molar-refractivity contribution in [2.24, 2.45) is 4.99 Å². The Balaban J connectivity index is 1.90. The van der Waals surface area contributed by atoms with Gasteiger partial charge in [0, 0.05) is 31.4 Å². The van der Waals surface area contributed by atoms with Gasteiger partial charge in [-0.05, 0) is 6.42 Å². The van der Waals surface area contributed by atoms with Crippen molar-refractivity contribution in [2.75, 3.05) is 13.6 Å². The van der Waals surface area contributed by atoms with Gasteiger partial charge in [0.15, 0.2) is 10.9 Å². The fourth-order valence-electron chi connectivity index (χ4n) is 1.50. The minimum absolute atomic E-state index is 0.692. The van der Waals surface area contributed by atoms with Gasteiger partial charge in [0.25, 0.3) is 0 Å². The lowest BCUT2D eigenvalue weighted by molar-refractivity contribution is 0.775. The molecule has 0 amide bonds. The van der Waals surface area contributed by atoms with Crippen molar-refractivity contribution >= 4 is 22.3 Å². The minimum Gasteiger partial charge on any atom is -0.356 e. The van der Waals surface area contributed by atoms with Crippen LogP contribution in [0.3, 0.4) is 0 Å². The first kappa shape index (κ1) is 11.9. The summed E-state index contributed by atoms with van der Waals surface area (Å²) in [5, 5.41) is 8.49. The highest BCUT2D eigenvalue weighted by atomic mass is 32.1. The molecule has 0 radical (unpaired) electrons. The zero-order valence-electron chi connectivity index (χ0n) is 10.1. The summed E-state index contributed by atoms with van der Waals surface area (Å²) in [5.74, 6) is 0.822. The zero-order chi connectivity index (χ0) is 12.1. The molecule has 0 aliphatic rings. The molecule has 0 fully saturated rings. The van der Waals surface area contributed by atoms with Crippen molar-refractivity contribution < 1.29 is 0 Å². The highest BCUT2D eigenvalue weighted by Crippen LogP contribution is 2.10. The van der Waals surface area contributed by atoms with E-state index in [2.05, 4.69) is 27.5 Å². The number of rotatable bonds is 4. The quantitative estimate of drug-likeness (QED) is 0.639. The molecule has 5 nitrogen and oxygen atoms in total. The molecule has 2 rings (SSSR count). The van der Waals surface area contributed by atoms with E-state index in [1.807, 2.05) is 22.2 Å². The molecule has 0 atom stereocenters. The van der Waals surface area contributed by atoms with Gasteiger partial charge < -0.3 is 10.6 Å². The number of hydrogen-bond donors (Lipinski definition) is 2. The van der Waals surface area contributed by atoms with E-state index in [9.17, 15) is 0 Å². The number of aliphatic imine (C=N–C) groups is 1. The first-order chi connectivity index (χ1) is 8.33. The number of aromatic nitrogens is 2. The van der Waals surface area contributed by atoms with Crippen LogP contribution < -0.4 is 10.6 Å². The third-order valence-corrected chi connectivity index (χ3v) is 3.12. The van der Waals surface area contributed by atoms with Gasteiger partial charge in [-0.2, -0.15) is 0 Å². The molecule has 0 aromatic carbocycles. The van der Waals surface area contributed by atoms with Crippen LogP contribution in [0.2, 0.25) is 0 Å². The molecule has 0 spiro atoms. The van der Waals surface area contributed by atoms with Crippen LogP contribution in [0.4, 0.5) is 0 Å². The van der Waals surface area contributed by atoms with E-state index < -0.39 is 0 Å². The molecular weight excluding hydrogens is 234 g/mol. The summed E-state index contributed by atoms with van der Waals surface area (Å²) in [4.78, 5) is 9.67. The van der Waals surface area contributed by atoms with E-state index in [1.165, 1.54) is 0 Å². The van der Waals surface area contributed by atoms with Crippen molar-refractivity contribution in [3.63, 3.8) is 0 Å². The maximum absolute atomic E-state index is 4.50. The van der Waals surface area contributed by atoms with Gasteiger partial charge >= 0.3 is 0 Å². The van der Waals surface area contributed by atoms with E-state index >= 15 is 0 Å². The normalized spacial score (nSPS) is 12.0. The van der Waals surface area contributed by atoms with E-state index in [1.54, 1.807) is 18.4 Å². The van der Waals surface area contributed by atoms with Crippen LogP contribution in [0.5, 0.6) is 0 Å². The molecule has 6 heteroatoms. The number of guanidine groups is 1. The molecule has 0 aliphatic carbocycles. The Kier molecular flexibility index (Phi) is 3.98. The first-order valence-corrected chi connectivity index (χ1v) is 6.57. The average molecular weight is 251 g/mol. The van der Waals surface area contributed by atoms with Crippen LogP contribution in [0.15, 0.2) is 22.8 Å². The smallest absolute Gasteiger partial charge is 0.193 e. The van der Waals surface area contributed by atoms with E-state index in [-0.39, 0.29) is 0 Å². The van der Waals surface area contributed by atoms with Crippen LogP contribution in [0.25, 0.3) is 4.96 Å². The van der Waals surface area contributed by atoms with Gasteiger partial charge in [0.2, 0.25) is 0 Å². The number of nitrogens with zero attached hydrogens (tertiary/aromatic N) is 3. The predicted molar refractivity (Wildman–Crippen MR) is 71.6 cm³/mol. The third-order valence-electron chi connectivity index (χ3n) is 2.35. The van der Waals surface area contributed by atoms with Crippen LogP contribution >= 0.6 is 11.3 Å². The fourth-order valence-corrected chi connectivity index (χ4v) is 2.22. The predicted octanol–water partition coefficient (Wildman–Crippen LogP) is 1.47. The van der Waals surface area contributed by atoms with Crippen molar-refractivity contribution in [3.8, 4) is 0 Å². The molecule has 2 aromatic heterocycles. The van der Waals surface area contributed by atoms with Crippen LogP contribution in [-0.4, -0.2) is 28.9 Å². The van der Waals surface area contributed by atoms with Gasteiger partial charge in [-0.25, -0.2) is 4.98 Å². The molecule has 2 N–H and O–H groups in total. The second-order valence-corrected chi connectivity index (χ2v) is 4.55. The summed E-state index contributed by atoms with van der Waals surface area (Å²) in [6.45, 7) is 3.75. The number of fused-ring (bicyclic) bond motifs is 1. The molecule has 0 unspecified atom stereocenters. The lowest BCUT2D eigenvalue weighted by atomic mass is 10.4. The first-order valence-electron chi connectivity index (χ1n) is 5.69. The van der Waals surface area contributed by atoms with E-state index in [4.69, 9.17) is 0 Å². The van der Waals surface area contributed by atoms with E-state index in [0.29, 0.717) is 6.54 Å². The van der Waals surface area contributed by atoms with Crippen LogP contribution in [-0.2, 0) is 6.54 Å². The Morgan fingerprint density at radius 1 is 1.53 bits per heavy atom. The SMILES string of the molecule is CCCNC(=NC)NCc1cn2ccsc2n1. The highest BCUT2D eigenvalue weighted by Gasteiger charge is 2.03. The van der Waals surface area contributed by atoms with Gasteiger partial charge in [0.1, 0.15) is 0 Å². The molecule has 0 aliphatic heterocycles. The largest absolute Gasteiger partial charge is 0.356 e. The summed E-state index contributed by atoms with van der Waals surface area (Å²) in [6, 6.07) is 0. The number of hydrogen-bond acceptors (Lipinski definition) is 3. The number of imidazole rings is 1. The highest BCUT2D eigenvalue weighted by molar-refractivity contribution is 7.15. The Hall–Kier alpha value is -1.56. The third kappa shape index (κ3) is 2.97. The molecule has 0 saturated carbocycles. The summed E-state index contributed by atoms with van der Waals surface area (Å²) < 4.78 is 2.03. The van der Waals surface area contributed by atoms with Crippen LogP contribution in [0.1, 0.15) is 19.0 Å². The molecule has 92 valence electrons. The van der Waals surface area contributed by atoms with Crippen molar-refractivity contribution in [1.29, 1.82) is 0 Å². The average Bonchev–Trinajstić information content (AvgIpc) is 2.89. The van der Waals surface area contributed by atoms with E-state index in [0.717, 1.165) is 29.6 Å². The summed E-state index contributed by atoms with van der Waals surface area (Å²) in [5.41, 5.74) is 1.02. The van der Waals surface area contributed by atoms with Crippen molar-refractivity contribution in [1.82, 2.24) is 20.0 Å². The van der Waals surface area contributed by atoms with Crippen molar-refractivity contribution in [3.05, 3.63) is 23.5 Å². The summed E-state index contributed by atoms with van der Waals surface area (Å²) in [7, 11) is 1.77. The minimum atomic E-state index is 0.692. The summed E-state index contributed by atoms with van der Waals surface area (Å²) >= 11 is 1.64.